The molecule has 0 amide bonds. The zero-order chi connectivity index (χ0) is 33.9. The Balaban J connectivity index is 1.38. The van der Waals surface area contributed by atoms with Crippen molar-refractivity contribution in [3.05, 3.63) is 12.2 Å². The highest BCUT2D eigenvalue weighted by Gasteiger charge is 2.71. The molecule has 3 unspecified atom stereocenters. The second kappa shape index (κ2) is 12.3. The van der Waals surface area contributed by atoms with Crippen molar-refractivity contribution in [2.24, 2.45) is 56.7 Å². The van der Waals surface area contributed by atoms with Gasteiger partial charge in [0.1, 0.15) is 6.10 Å². The summed E-state index contributed by atoms with van der Waals surface area (Å²) in [7, 11) is 0. The van der Waals surface area contributed by atoms with E-state index in [0.717, 1.165) is 64.2 Å². The second-order valence-electron chi connectivity index (χ2n) is 17.3. The van der Waals surface area contributed by atoms with Gasteiger partial charge in [0.15, 0.2) is 0 Å². The predicted octanol–water partition coefficient (Wildman–Crippen LogP) is 7.83. The van der Waals surface area contributed by atoms with Gasteiger partial charge in [0, 0.05) is 10.8 Å². The molecule has 10 atom stereocenters. The fourth-order valence-corrected chi connectivity index (χ4v) is 12.7. The van der Waals surface area contributed by atoms with E-state index in [-0.39, 0.29) is 58.9 Å². The quantitative estimate of drug-likeness (QED) is 0.182. The Morgan fingerprint density at radius 2 is 1.37 bits per heavy atom. The summed E-state index contributed by atoms with van der Waals surface area (Å²) in [5.74, 6) is -0.505. The van der Waals surface area contributed by atoms with Crippen LogP contribution in [0.5, 0.6) is 0 Å². The minimum absolute atomic E-state index is 0.0818. The number of ether oxygens (including phenoxy) is 2. The van der Waals surface area contributed by atoms with Crippen molar-refractivity contribution in [2.45, 2.75) is 138 Å². The molecule has 0 aromatic carbocycles. The number of rotatable bonds is 10. The monoisotopic (exact) mass is 642 g/mol. The lowest BCUT2D eigenvalue weighted by atomic mass is 9.32. The predicted molar refractivity (Wildman–Crippen MR) is 174 cm³/mol. The van der Waals surface area contributed by atoms with E-state index in [9.17, 15) is 19.2 Å². The molecule has 0 aromatic heterocycles. The van der Waals surface area contributed by atoms with Crippen LogP contribution < -0.4 is 0 Å². The Hall–Kier alpha value is -2.38. The number of allylic oxidation sites excluding steroid dienone is 1. The topological polar surface area (TPSA) is 127 Å². The molecule has 0 aliphatic heterocycles. The highest BCUT2D eigenvalue weighted by atomic mass is 16.5. The fraction of sp³-hybridized carbons (Fsp3) is 0.842. The molecule has 46 heavy (non-hydrogen) atoms. The van der Waals surface area contributed by atoms with Gasteiger partial charge in [-0.3, -0.25) is 19.2 Å². The number of aliphatic carboxylic acids is 2. The van der Waals surface area contributed by atoms with Crippen molar-refractivity contribution >= 4 is 23.9 Å². The van der Waals surface area contributed by atoms with E-state index >= 15 is 0 Å². The first-order valence-corrected chi connectivity index (χ1v) is 17.9. The first-order valence-electron chi connectivity index (χ1n) is 17.9. The van der Waals surface area contributed by atoms with E-state index in [4.69, 9.17) is 19.7 Å². The van der Waals surface area contributed by atoms with Crippen molar-refractivity contribution in [1.82, 2.24) is 0 Å². The number of carbonyl (C=O) groups is 4. The summed E-state index contributed by atoms with van der Waals surface area (Å²) < 4.78 is 11.9. The molecule has 5 rings (SSSR count). The summed E-state index contributed by atoms with van der Waals surface area (Å²) in [6.07, 6.45) is 9.79. The maximum atomic E-state index is 12.6. The molecule has 5 saturated carbocycles. The molecular formula is C38H58O8. The first kappa shape index (κ1) is 34.9. The highest BCUT2D eigenvalue weighted by Crippen LogP contribution is 2.77. The van der Waals surface area contributed by atoms with Crippen molar-refractivity contribution in [3.63, 3.8) is 0 Å². The summed E-state index contributed by atoms with van der Waals surface area (Å²) in [5, 5.41) is 18.1. The average Bonchev–Trinajstić information content (AvgIpc) is 3.36. The van der Waals surface area contributed by atoms with Crippen LogP contribution in [0.15, 0.2) is 12.2 Å². The van der Waals surface area contributed by atoms with Gasteiger partial charge in [0.2, 0.25) is 0 Å². The van der Waals surface area contributed by atoms with Gasteiger partial charge in [-0.2, -0.15) is 0 Å². The van der Waals surface area contributed by atoms with Gasteiger partial charge in [-0.15, -0.1) is 0 Å². The SMILES string of the molecule is C=C(C)C1CC[C@]2(COC(=O)CCC(=O)O)CC[C@]3(C)[C@H](CC[C@@H]4[C@@]5(C)CC[C@@H](OC(=O)CCC(=O)O)C(C)(C)C5CC[C@]43C)C12. The number of carboxylic acids is 2. The van der Waals surface area contributed by atoms with Crippen molar-refractivity contribution in [3.8, 4) is 0 Å². The summed E-state index contributed by atoms with van der Waals surface area (Å²) >= 11 is 0. The Bertz CT molecular complexity index is 1250. The third kappa shape index (κ3) is 5.61. The molecular weight excluding hydrogens is 584 g/mol. The minimum atomic E-state index is -0.980. The van der Waals surface area contributed by atoms with Crippen molar-refractivity contribution in [1.29, 1.82) is 0 Å². The summed E-state index contributed by atoms with van der Waals surface area (Å²) in [5.41, 5.74) is 1.35. The minimum Gasteiger partial charge on any atom is -0.481 e. The van der Waals surface area contributed by atoms with Crippen LogP contribution in [0, 0.1) is 56.7 Å². The van der Waals surface area contributed by atoms with Crippen LogP contribution >= 0.6 is 0 Å². The molecule has 258 valence electrons. The van der Waals surface area contributed by atoms with Crippen molar-refractivity contribution < 1.29 is 38.9 Å². The number of fused-ring (bicyclic) bond motifs is 7. The van der Waals surface area contributed by atoms with E-state index < -0.39 is 23.9 Å². The lowest BCUT2D eigenvalue weighted by Crippen LogP contribution is -2.67. The van der Waals surface area contributed by atoms with Crippen molar-refractivity contribution in [2.75, 3.05) is 6.61 Å². The maximum absolute atomic E-state index is 12.6. The molecule has 8 nitrogen and oxygen atoms in total. The Morgan fingerprint density at radius 1 is 0.717 bits per heavy atom. The van der Waals surface area contributed by atoms with Gasteiger partial charge in [-0.05, 0) is 117 Å². The molecule has 0 radical (unpaired) electrons. The molecule has 0 heterocycles. The third-order valence-corrected chi connectivity index (χ3v) is 15.1. The van der Waals surface area contributed by atoms with Gasteiger partial charge >= 0.3 is 23.9 Å². The van der Waals surface area contributed by atoms with Gasteiger partial charge in [-0.1, -0.05) is 46.8 Å². The molecule has 5 aliphatic rings. The van der Waals surface area contributed by atoms with Crippen LogP contribution in [0.25, 0.3) is 0 Å². The molecule has 0 bridgehead atoms. The average molecular weight is 643 g/mol. The zero-order valence-electron chi connectivity index (χ0n) is 29.1. The van der Waals surface area contributed by atoms with Crippen LogP contribution in [0.2, 0.25) is 0 Å². The Labute approximate surface area is 275 Å². The summed E-state index contributed by atoms with van der Waals surface area (Å²) in [4.78, 5) is 47.3. The summed E-state index contributed by atoms with van der Waals surface area (Å²) in [6.45, 7) is 19.2. The van der Waals surface area contributed by atoms with E-state index in [1.165, 1.54) is 5.57 Å². The first-order chi connectivity index (χ1) is 21.4. The Morgan fingerprint density at radius 3 is 2.00 bits per heavy atom. The van der Waals surface area contributed by atoms with Crippen LogP contribution in [-0.4, -0.2) is 46.8 Å². The van der Waals surface area contributed by atoms with Gasteiger partial charge in [0.05, 0.1) is 32.3 Å². The molecule has 5 aliphatic carbocycles. The smallest absolute Gasteiger partial charge is 0.306 e. The van der Waals surface area contributed by atoms with Crippen LogP contribution in [0.1, 0.15) is 131 Å². The van der Waals surface area contributed by atoms with E-state index in [0.29, 0.717) is 36.2 Å². The highest BCUT2D eigenvalue weighted by molar-refractivity contribution is 5.77. The molecule has 0 aromatic rings. The van der Waals surface area contributed by atoms with Gasteiger partial charge in [-0.25, -0.2) is 0 Å². The molecule has 0 saturated heterocycles. The molecule has 5 fully saturated rings. The number of hydrogen-bond acceptors (Lipinski definition) is 6. The molecule has 8 heteroatoms. The zero-order valence-corrected chi connectivity index (χ0v) is 29.1. The van der Waals surface area contributed by atoms with E-state index in [2.05, 4.69) is 48.1 Å². The van der Waals surface area contributed by atoms with E-state index in [1.807, 2.05) is 0 Å². The second-order valence-corrected chi connectivity index (χ2v) is 17.3. The van der Waals surface area contributed by atoms with Crippen LogP contribution in [0.3, 0.4) is 0 Å². The normalized spacial score (nSPS) is 42.4. The van der Waals surface area contributed by atoms with Gasteiger partial charge in [0.25, 0.3) is 0 Å². The van der Waals surface area contributed by atoms with E-state index in [1.54, 1.807) is 0 Å². The number of esters is 2. The summed E-state index contributed by atoms with van der Waals surface area (Å²) in [6, 6.07) is 0. The van der Waals surface area contributed by atoms with Gasteiger partial charge < -0.3 is 19.7 Å². The largest absolute Gasteiger partial charge is 0.481 e. The number of hydrogen-bond donors (Lipinski definition) is 2. The standard InChI is InChI=1S/C38H58O8/c1-23(2)24-14-19-38(22-45-31(43)12-10-29(39)40)21-20-36(6)25(33(24)38)8-9-27-35(5)17-16-28(46-32(44)13-11-30(41)42)34(3,4)26(35)15-18-37(27,36)7/h24-28,33H,1,8-22H2,2-7H3,(H,39,40)(H,41,42)/t24?,25-,26?,27-,28-,33?,35+,36-,37-,38-/m1/s1. The Kier molecular flexibility index (Phi) is 9.31. The van der Waals surface area contributed by atoms with Crippen LogP contribution in [0.4, 0.5) is 0 Å². The fourth-order valence-electron chi connectivity index (χ4n) is 12.7. The lowest BCUT2D eigenvalue weighted by molar-refractivity contribution is -0.252. The molecule has 0 spiro atoms. The van der Waals surface area contributed by atoms with Crippen LogP contribution in [-0.2, 0) is 28.7 Å². The number of carboxylic acid groups (broad SMARTS) is 2. The lowest BCUT2D eigenvalue weighted by Gasteiger charge is -2.73. The molecule has 2 N–H and O–H groups in total. The number of carbonyl (C=O) groups excluding carboxylic acids is 2. The third-order valence-electron chi connectivity index (χ3n) is 15.1. The maximum Gasteiger partial charge on any atom is 0.306 e.